The second-order valence-electron chi connectivity index (χ2n) is 4.65. The minimum absolute atomic E-state index is 0.0586. The van der Waals surface area contributed by atoms with Crippen LogP contribution in [0.4, 0.5) is 0 Å². The highest BCUT2D eigenvalue weighted by atomic mass is 32.2. The number of carbonyl (C=O) groups is 1. The molecule has 7 heteroatoms. The van der Waals surface area contributed by atoms with Gasteiger partial charge in [0.05, 0.1) is 10.4 Å². The zero-order chi connectivity index (χ0) is 15.5. The van der Waals surface area contributed by atoms with Crippen LogP contribution in [0.15, 0.2) is 41.4 Å². The molecular formula is C14H16N2O4S. The van der Waals surface area contributed by atoms with E-state index < -0.39 is 16.0 Å². The number of aromatic nitrogens is 1. The lowest BCUT2D eigenvalue weighted by molar-refractivity contribution is -0.137. The van der Waals surface area contributed by atoms with Crippen molar-refractivity contribution in [2.75, 3.05) is 13.6 Å². The number of hydrogen-bond donors (Lipinski definition) is 1. The fourth-order valence-corrected chi connectivity index (χ4v) is 3.45. The van der Waals surface area contributed by atoms with E-state index in [0.29, 0.717) is 10.9 Å². The summed E-state index contributed by atoms with van der Waals surface area (Å²) in [6.07, 6.45) is 1.82. The average molecular weight is 308 g/mol. The Labute approximate surface area is 123 Å². The van der Waals surface area contributed by atoms with Crippen molar-refractivity contribution in [1.29, 1.82) is 0 Å². The first kappa shape index (κ1) is 15.4. The summed E-state index contributed by atoms with van der Waals surface area (Å²) in [6.45, 7) is 0.158. The van der Waals surface area contributed by atoms with Crippen LogP contribution in [0, 0.1) is 0 Å². The number of sulfonamides is 1. The first-order valence-electron chi connectivity index (χ1n) is 6.45. The molecule has 0 atom stereocenters. The van der Waals surface area contributed by atoms with Crippen molar-refractivity contribution >= 4 is 26.9 Å². The average Bonchev–Trinajstić information content (AvgIpc) is 2.46. The molecule has 0 saturated carbocycles. The third-order valence-corrected chi connectivity index (χ3v) is 5.07. The van der Waals surface area contributed by atoms with Gasteiger partial charge >= 0.3 is 5.97 Å². The Kier molecular flexibility index (Phi) is 4.54. The van der Waals surface area contributed by atoms with E-state index in [4.69, 9.17) is 5.11 Å². The van der Waals surface area contributed by atoms with Crippen LogP contribution in [0.1, 0.15) is 12.8 Å². The van der Waals surface area contributed by atoms with Crippen LogP contribution >= 0.6 is 0 Å². The van der Waals surface area contributed by atoms with Crippen molar-refractivity contribution < 1.29 is 18.3 Å². The number of carboxylic acid groups (broad SMARTS) is 1. The van der Waals surface area contributed by atoms with E-state index in [-0.39, 0.29) is 24.3 Å². The Morgan fingerprint density at radius 1 is 1.29 bits per heavy atom. The molecule has 2 aromatic rings. The topological polar surface area (TPSA) is 87.6 Å². The lowest BCUT2D eigenvalue weighted by Gasteiger charge is -2.17. The van der Waals surface area contributed by atoms with Gasteiger partial charge < -0.3 is 5.11 Å². The lowest BCUT2D eigenvalue weighted by atomic mass is 10.2. The van der Waals surface area contributed by atoms with Crippen LogP contribution in [-0.2, 0) is 14.8 Å². The maximum absolute atomic E-state index is 12.6. The maximum atomic E-state index is 12.6. The van der Waals surface area contributed by atoms with E-state index in [1.54, 1.807) is 30.5 Å². The SMILES string of the molecule is CN(CCCC(=O)O)S(=O)(=O)c1cccc2ncccc12. The third kappa shape index (κ3) is 3.37. The van der Waals surface area contributed by atoms with Crippen LogP contribution in [0.3, 0.4) is 0 Å². The summed E-state index contributed by atoms with van der Waals surface area (Å²) in [6, 6.07) is 8.32. The van der Waals surface area contributed by atoms with Gasteiger partial charge in [0.1, 0.15) is 0 Å². The van der Waals surface area contributed by atoms with Gasteiger partial charge in [0.2, 0.25) is 10.0 Å². The summed E-state index contributed by atoms with van der Waals surface area (Å²) in [5.41, 5.74) is 0.609. The molecule has 1 heterocycles. The lowest BCUT2D eigenvalue weighted by Crippen LogP contribution is -2.28. The van der Waals surface area contributed by atoms with Crippen molar-refractivity contribution in [1.82, 2.24) is 9.29 Å². The molecule has 112 valence electrons. The molecule has 0 radical (unpaired) electrons. The van der Waals surface area contributed by atoms with Gasteiger partial charge in [-0.3, -0.25) is 9.78 Å². The van der Waals surface area contributed by atoms with E-state index in [9.17, 15) is 13.2 Å². The summed E-state index contributed by atoms with van der Waals surface area (Å²) in [7, 11) is -2.21. The third-order valence-electron chi connectivity index (χ3n) is 3.16. The Morgan fingerprint density at radius 2 is 2.05 bits per heavy atom. The Morgan fingerprint density at radius 3 is 2.76 bits per heavy atom. The van der Waals surface area contributed by atoms with E-state index in [1.165, 1.54) is 17.4 Å². The molecule has 0 amide bonds. The molecule has 21 heavy (non-hydrogen) atoms. The Hall–Kier alpha value is -1.99. The second kappa shape index (κ2) is 6.19. The molecule has 0 saturated heterocycles. The molecule has 2 rings (SSSR count). The van der Waals surface area contributed by atoms with E-state index in [2.05, 4.69) is 4.98 Å². The minimum atomic E-state index is -3.66. The van der Waals surface area contributed by atoms with Gasteiger partial charge in [0.25, 0.3) is 0 Å². The van der Waals surface area contributed by atoms with Gasteiger partial charge in [0.15, 0.2) is 0 Å². The predicted octanol–water partition coefficient (Wildman–Crippen LogP) is 1.72. The van der Waals surface area contributed by atoms with Crippen LogP contribution in [0.2, 0.25) is 0 Å². The Balaban J connectivity index is 2.31. The minimum Gasteiger partial charge on any atom is -0.481 e. The van der Waals surface area contributed by atoms with Gasteiger partial charge in [-0.15, -0.1) is 0 Å². The first-order chi connectivity index (χ1) is 9.93. The zero-order valence-electron chi connectivity index (χ0n) is 11.6. The molecule has 6 nitrogen and oxygen atoms in total. The summed E-state index contributed by atoms with van der Waals surface area (Å²) in [4.78, 5) is 14.8. The van der Waals surface area contributed by atoms with Crippen molar-refractivity contribution in [3.8, 4) is 0 Å². The van der Waals surface area contributed by atoms with E-state index in [0.717, 1.165) is 0 Å². The van der Waals surface area contributed by atoms with E-state index in [1.807, 2.05) is 0 Å². The van der Waals surface area contributed by atoms with Gasteiger partial charge in [-0.1, -0.05) is 6.07 Å². The van der Waals surface area contributed by atoms with Crippen molar-refractivity contribution in [3.63, 3.8) is 0 Å². The molecule has 0 bridgehead atoms. The zero-order valence-corrected chi connectivity index (χ0v) is 12.4. The standard InChI is InChI=1S/C14H16N2O4S/c1-16(10-4-8-14(17)18)21(19,20)13-7-2-6-12-11(13)5-3-9-15-12/h2-3,5-7,9H,4,8,10H2,1H3,(H,17,18). The van der Waals surface area contributed by atoms with Gasteiger partial charge in [-0.05, 0) is 30.7 Å². The highest BCUT2D eigenvalue weighted by molar-refractivity contribution is 7.89. The summed E-state index contributed by atoms with van der Waals surface area (Å²) in [5.74, 6) is -0.935. The van der Waals surface area contributed by atoms with Crippen molar-refractivity contribution in [2.24, 2.45) is 0 Å². The monoisotopic (exact) mass is 308 g/mol. The molecule has 0 aliphatic carbocycles. The second-order valence-corrected chi connectivity index (χ2v) is 6.66. The highest BCUT2D eigenvalue weighted by Crippen LogP contribution is 2.23. The number of rotatable bonds is 6. The number of benzene rings is 1. The van der Waals surface area contributed by atoms with Gasteiger partial charge in [-0.2, -0.15) is 0 Å². The largest absolute Gasteiger partial charge is 0.481 e. The summed E-state index contributed by atoms with van der Waals surface area (Å²) < 4.78 is 26.3. The first-order valence-corrected chi connectivity index (χ1v) is 7.89. The smallest absolute Gasteiger partial charge is 0.303 e. The molecule has 0 fully saturated rings. The molecule has 0 spiro atoms. The number of aliphatic carboxylic acids is 1. The number of fused-ring (bicyclic) bond motifs is 1. The molecular weight excluding hydrogens is 292 g/mol. The predicted molar refractivity (Wildman–Crippen MR) is 78.4 cm³/mol. The van der Waals surface area contributed by atoms with Crippen molar-refractivity contribution in [3.05, 3.63) is 36.5 Å². The van der Waals surface area contributed by atoms with Crippen LogP contribution in [-0.4, -0.2) is 42.4 Å². The van der Waals surface area contributed by atoms with Crippen LogP contribution < -0.4 is 0 Å². The van der Waals surface area contributed by atoms with E-state index >= 15 is 0 Å². The number of nitrogens with zero attached hydrogens (tertiary/aromatic N) is 2. The summed E-state index contributed by atoms with van der Waals surface area (Å²) >= 11 is 0. The van der Waals surface area contributed by atoms with Gasteiger partial charge in [0, 0.05) is 31.6 Å². The van der Waals surface area contributed by atoms with Gasteiger partial charge in [-0.25, -0.2) is 12.7 Å². The molecule has 1 aromatic carbocycles. The number of carboxylic acids is 1. The van der Waals surface area contributed by atoms with Crippen molar-refractivity contribution in [2.45, 2.75) is 17.7 Å². The molecule has 0 aliphatic heterocycles. The van der Waals surface area contributed by atoms with Crippen LogP contribution in [0.25, 0.3) is 10.9 Å². The van der Waals surface area contributed by atoms with Crippen LogP contribution in [0.5, 0.6) is 0 Å². The fraction of sp³-hybridized carbons (Fsp3) is 0.286. The maximum Gasteiger partial charge on any atom is 0.303 e. The molecule has 1 aromatic heterocycles. The quantitative estimate of drug-likeness (QED) is 0.878. The highest BCUT2D eigenvalue weighted by Gasteiger charge is 2.22. The molecule has 0 aliphatic rings. The summed E-state index contributed by atoms with van der Waals surface area (Å²) in [5, 5.41) is 9.17. The normalized spacial score (nSPS) is 11.9. The fourth-order valence-electron chi connectivity index (χ4n) is 2.04. The number of hydrogen-bond acceptors (Lipinski definition) is 4. The molecule has 1 N–H and O–H groups in total. The number of pyridine rings is 1. The Bertz CT molecular complexity index is 753. The molecule has 0 unspecified atom stereocenters.